The zero-order valence-corrected chi connectivity index (χ0v) is 11.1. The van der Waals surface area contributed by atoms with E-state index in [0.29, 0.717) is 5.78 Å². The molecule has 90 valence electrons. The second-order valence-electron chi connectivity index (χ2n) is 4.91. The van der Waals surface area contributed by atoms with Crippen LogP contribution in [0.1, 0.15) is 58.3 Å². The van der Waals surface area contributed by atoms with Crippen LogP contribution in [0, 0.1) is 0 Å². The number of Topliss-reactive ketones (excluding diaryl/α,β-unsaturated/α-hetero) is 1. The van der Waals surface area contributed by atoms with Gasteiger partial charge in [0.15, 0.2) is 0 Å². The highest BCUT2D eigenvalue weighted by molar-refractivity contribution is 8.00. The van der Waals surface area contributed by atoms with E-state index in [9.17, 15) is 4.79 Å². The third-order valence-corrected chi connectivity index (χ3v) is 5.10. The van der Waals surface area contributed by atoms with Crippen molar-refractivity contribution in [2.24, 2.45) is 0 Å². The van der Waals surface area contributed by atoms with Crippen molar-refractivity contribution in [3.05, 3.63) is 11.1 Å². The highest BCUT2D eigenvalue weighted by Crippen LogP contribution is 2.39. The van der Waals surface area contributed by atoms with E-state index in [1.165, 1.54) is 44.1 Å². The molecule has 1 nitrogen and oxygen atoms in total. The van der Waals surface area contributed by atoms with Crippen LogP contribution < -0.4 is 0 Å². The monoisotopic (exact) mass is 238 g/mol. The Hall–Kier alpha value is -0.240. The molecule has 0 saturated carbocycles. The zero-order valence-electron chi connectivity index (χ0n) is 10.3. The topological polar surface area (TPSA) is 17.1 Å². The number of ketones is 1. The van der Waals surface area contributed by atoms with Gasteiger partial charge in [0.05, 0.1) is 5.25 Å². The summed E-state index contributed by atoms with van der Waals surface area (Å²) in [6.07, 6.45) is 9.48. The quantitative estimate of drug-likeness (QED) is 0.541. The highest BCUT2D eigenvalue weighted by atomic mass is 32.2. The summed E-state index contributed by atoms with van der Waals surface area (Å²) in [6.45, 7) is 2.22. The van der Waals surface area contributed by atoms with Crippen molar-refractivity contribution in [1.29, 1.82) is 0 Å². The molecule has 2 heteroatoms. The van der Waals surface area contributed by atoms with Gasteiger partial charge in [0, 0.05) is 6.42 Å². The Morgan fingerprint density at radius 3 is 2.81 bits per heavy atom. The Kier molecular flexibility index (Phi) is 4.51. The molecule has 0 aliphatic heterocycles. The Morgan fingerprint density at radius 2 is 2.00 bits per heavy atom. The lowest BCUT2D eigenvalue weighted by molar-refractivity contribution is -0.118. The highest BCUT2D eigenvalue weighted by Gasteiger charge is 2.30. The van der Waals surface area contributed by atoms with Gasteiger partial charge < -0.3 is 0 Å². The first-order chi connectivity index (χ1) is 7.83. The smallest absolute Gasteiger partial charge is 0.150 e. The molecule has 0 aromatic heterocycles. The number of allylic oxidation sites excluding steroid dienone is 1. The van der Waals surface area contributed by atoms with Gasteiger partial charge in [-0.05, 0) is 44.3 Å². The van der Waals surface area contributed by atoms with Crippen molar-refractivity contribution in [2.75, 3.05) is 5.75 Å². The number of hydrogen-bond donors (Lipinski definition) is 0. The minimum absolute atomic E-state index is 0.246. The largest absolute Gasteiger partial charge is 0.298 e. The van der Waals surface area contributed by atoms with Gasteiger partial charge in [-0.1, -0.05) is 24.5 Å². The van der Waals surface area contributed by atoms with Crippen LogP contribution in [0.15, 0.2) is 11.1 Å². The molecule has 0 fully saturated rings. The van der Waals surface area contributed by atoms with E-state index in [4.69, 9.17) is 0 Å². The maximum atomic E-state index is 12.0. The molecular formula is C14H22OS. The molecule has 0 amide bonds. The summed E-state index contributed by atoms with van der Waals surface area (Å²) in [4.78, 5) is 12.0. The molecule has 1 unspecified atom stereocenters. The summed E-state index contributed by atoms with van der Waals surface area (Å²) in [5, 5.41) is 0.246. The van der Waals surface area contributed by atoms with Gasteiger partial charge in [-0.15, -0.1) is 11.8 Å². The third kappa shape index (κ3) is 2.71. The maximum Gasteiger partial charge on any atom is 0.150 e. The molecule has 0 N–H and O–H groups in total. The van der Waals surface area contributed by atoms with Gasteiger partial charge in [0.1, 0.15) is 5.78 Å². The molecule has 0 saturated heterocycles. The van der Waals surface area contributed by atoms with Crippen LogP contribution in [-0.4, -0.2) is 16.8 Å². The van der Waals surface area contributed by atoms with E-state index in [0.717, 1.165) is 18.6 Å². The number of thioether (sulfide) groups is 1. The first kappa shape index (κ1) is 12.2. The van der Waals surface area contributed by atoms with Gasteiger partial charge in [-0.25, -0.2) is 0 Å². The van der Waals surface area contributed by atoms with Crippen LogP contribution in [0.5, 0.6) is 0 Å². The van der Waals surface area contributed by atoms with E-state index < -0.39 is 0 Å². The summed E-state index contributed by atoms with van der Waals surface area (Å²) < 4.78 is 0. The van der Waals surface area contributed by atoms with E-state index in [1.54, 1.807) is 5.57 Å². The fourth-order valence-corrected chi connectivity index (χ4v) is 4.21. The van der Waals surface area contributed by atoms with Crippen molar-refractivity contribution in [1.82, 2.24) is 0 Å². The number of carbonyl (C=O) groups excluding carboxylic acids is 1. The summed E-state index contributed by atoms with van der Waals surface area (Å²) in [5.41, 5.74) is 3.17. The molecule has 16 heavy (non-hydrogen) atoms. The third-order valence-electron chi connectivity index (χ3n) is 3.69. The minimum Gasteiger partial charge on any atom is -0.298 e. The van der Waals surface area contributed by atoms with Gasteiger partial charge in [0.25, 0.3) is 0 Å². The van der Waals surface area contributed by atoms with Gasteiger partial charge >= 0.3 is 0 Å². The van der Waals surface area contributed by atoms with Crippen LogP contribution >= 0.6 is 11.8 Å². The SMILES string of the molecule is CCCCSC1C(=O)CCC2=C1CCCC2. The van der Waals surface area contributed by atoms with Crippen LogP contribution in [0.4, 0.5) is 0 Å². The molecule has 0 heterocycles. The predicted molar refractivity (Wildman–Crippen MR) is 70.9 cm³/mol. The van der Waals surface area contributed by atoms with Gasteiger partial charge in [-0.3, -0.25) is 4.79 Å². The number of carbonyl (C=O) groups is 1. The normalized spacial score (nSPS) is 25.8. The lowest BCUT2D eigenvalue weighted by Crippen LogP contribution is -2.27. The van der Waals surface area contributed by atoms with E-state index >= 15 is 0 Å². The maximum absolute atomic E-state index is 12.0. The predicted octanol–water partition coefficient (Wildman–Crippen LogP) is 4.12. The lowest BCUT2D eigenvalue weighted by atomic mass is 9.81. The first-order valence-electron chi connectivity index (χ1n) is 6.68. The Morgan fingerprint density at radius 1 is 1.19 bits per heavy atom. The average molecular weight is 238 g/mol. The first-order valence-corrected chi connectivity index (χ1v) is 7.73. The zero-order chi connectivity index (χ0) is 11.4. The van der Waals surface area contributed by atoms with Gasteiger partial charge in [0.2, 0.25) is 0 Å². The lowest BCUT2D eigenvalue weighted by Gasteiger charge is -2.30. The van der Waals surface area contributed by atoms with Crippen LogP contribution in [0.2, 0.25) is 0 Å². The van der Waals surface area contributed by atoms with Crippen LogP contribution in [0.25, 0.3) is 0 Å². The van der Waals surface area contributed by atoms with E-state index in [1.807, 2.05) is 11.8 Å². The van der Waals surface area contributed by atoms with Crippen LogP contribution in [-0.2, 0) is 4.79 Å². The fourth-order valence-electron chi connectivity index (χ4n) is 2.73. The van der Waals surface area contributed by atoms with Gasteiger partial charge in [-0.2, -0.15) is 0 Å². The van der Waals surface area contributed by atoms with Crippen molar-refractivity contribution >= 4 is 17.5 Å². The molecule has 2 aliphatic rings. The molecule has 0 radical (unpaired) electrons. The standard InChI is InChI=1S/C14H22OS/c1-2-3-10-16-14-12-7-5-4-6-11(12)8-9-13(14)15/h14H,2-10H2,1H3. The number of rotatable bonds is 4. The Bertz CT molecular complexity index is 293. The van der Waals surface area contributed by atoms with Crippen LogP contribution in [0.3, 0.4) is 0 Å². The molecular weight excluding hydrogens is 216 g/mol. The molecule has 2 aliphatic carbocycles. The summed E-state index contributed by atoms with van der Waals surface area (Å²) in [5.74, 6) is 1.66. The second-order valence-corrected chi connectivity index (χ2v) is 6.12. The summed E-state index contributed by atoms with van der Waals surface area (Å²) in [7, 11) is 0. The average Bonchev–Trinajstić information content (AvgIpc) is 2.32. The number of unbranched alkanes of at least 4 members (excludes halogenated alkanes) is 1. The van der Waals surface area contributed by atoms with E-state index in [2.05, 4.69) is 6.92 Å². The van der Waals surface area contributed by atoms with Crippen molar-refractivity contribution < 1.29 is 4.79 Å². The van der Waals surface area contributed by atoms with Crippen molar-refractivity contribution in [3.8, 4) is 0 Å². The molecule has 0 bridgehead atoms. The minimum atomic E-state index is 0.246. The molecule has 0 aromatic rings. The Labute approximate surface area is 103 Å². The van der Waals surface area contributed by atoms with E-state index in [-0.39, 0.29) is 5.25 Å². The fraction of sp³-hybridized carbons (Fsp3) is 0.786. The Balaban J connectivity index is 2.03. The van der Waals surface area contributed by atoms with Crippen molar-refractivity contribution in [3.63, 3.8) is 0 Å². The van der Waals surface area contributed by atoms with Crippen molar-refractivity contribution in [2.45, 2.75) is 63.5 Å². The summed E-state index contributed by atoms with van der Waals surface area (Å²) in [6, 6.07) is 0. The molecule has 0 spiro atoms. The second kappa shape index (κ2) is 5.90. The molecule has 1 atom stereocenters. The summed E-state index contributed by atoms with van der Waals surface area (Å²) >= 11 is 1.91. The molecule has 0 aromatic carbocycles. The number of hydrogen-bond acceptors (Lipinski definition) is 2. The molecule has 2 rings (SSSR count).